The Bertz CT molecular complexity index is 1290. The lowest BCUT2D eigenvalue weighted by molar-refractivity contribution is -0.384. The Morgan fingerprint density at radius 3 is 2.47 bits per heavy atom. The van der Waals surface area contributed by atoms with Crippen LogP contribution in [0.5, 0.6) is 0 Å². The standard InChI is InChI=1S/C29H30N4O3/c1-20-13-16-32(17-14-20)18-15-21-7-9-23(10-8-21)30-28(22-5-3-2-4-6-22)27-25-19-24(33(35)36)11-12-26(25)31-29(27)34/h2-12,19-20,30H,13-18H2,1H3,(H,31,34)/b28-27-. The number of piperidine rings is 1. The summed E-state index contributed by atoms with van der Waals surface area (Å²) in [6.45, 7) is 5.75. The van der Waals surface area contributed by atoms with Gasteiger partial charge in [0.15, 0.2) is 0 Å². The van der Waals surface area contributed by atoms with Crippen molar-refractivity contribution in [2.45, 2.75) is 26.2 Å². The summed E-state index contributed by atoms with van der Waals surface area (Å²) in [7, 11) is 0. The maximum atomic E-state index is 13.0. The van der Waals surface area contributed by atoms with Crippen LogP contribution in [0.4, 0.5) is 17.1 Å². The third-order valence-corrected chi connectivity index (χ3v) is 7.09. The van der Waals surface area contributed by atoms with Gasteiger partial charge in [-0.05, 0) is 67.6 Å². The van der Waals surface area contributed by atoms with Crippen LogP contribution < -0.4 is 10.6 Å². The van der Waals surface area contributed by atoms with E-state index in [9.17, 15) is 14.9 Å². The average Bonchev–Trinajstić information content (AvgIpc) is 3.23. The second-order valence-corrected chi connectivity index (χ2v) is 9.65. The summed E-state index contributed by atoms with van der Waals surface area (Å²) in [6, 6.07) is 22.3. The fourth-order valence-corrected chi connectivity index (χ4v) is 4.87. The van der Waals surface area contributed by atoms with Crippen LogP contribution in [0.15, 0.2) is 72.8 Å². The molecule has 0 saturated carbocycles. The molecular weight excluding hydrogens is 452 g/mol. The van der Waals surface area contributed by atoms with Gasteiger partial charge in [-0.2, -0.15) is 0 Å². The molecule has 2 heterocycles. The second kappa shape index (κ2) is 10.3. The Morgan fingerprint density at radius 1 is 1.06 bits per heavy atom. The molecule has 0 aromatic heterocycles. The van der Waals surface area contributed by atoms with Crippen LogP contribution in [0.2, 0.25) is 0 Å². The van der Waals surface area contributed by atoms with Crippen molar-refractivity contribution >= 4 is 34.2 Å². The average molecular weight is 483 g/mol. The molecule has 1 saturated heterocycles. The van der Waals surface area contributed by atoms with E-state index in [4.69, 9.17) is 0 Å². The van der Waals surface area contributed by atoms with Crippen molar-refractivity contribution in [3.05, 3.63) is 99.6 Å². The van der Waals surface area contributed by atoms with Crippen LogP contribution in [-0.4, -0.2) is 35.4 Å². The number of amides is 1. The van der Waals surface area contributed by atoms with E-state index in [1.807, 2.05) is 42.5 Å². The molecular formula is C29H30N4O3. The summed E-state index contributed by atoms with van der Waals surface area (Å²) < 4.78 is 0. The predicted octanol–water partition coefficient (Wildman–Crippen LogP) is 5.80. The Kier molecular flexibility index (Phi) is 6.82. The molecule has 2 aliphatic heterocycles. The lowest BCUT2D eigenvalue weighted by Crippen LogP contribution is -2.34. The van der Waals surface area contributed by atoms with Crippen molar-refractivity contribution in [2.75, 3.05) is 30.3 Å². The van der Waals surface area contributed by atoms with E-state index in [2.05, 4.69) is 34.6 Å². The van der Waals surface area contributed by atoms with E-state index in [1.165, 1.54) is 43.6 Å². The van der Waals surface area contributed by atoms with Crippen molar-refractivity contribution in [2.24, 2.45) is 5.92 Å². The van der Waals surface area contributed by atoms with Crippen LogP contribution in [0.25, 0.3) is 11.3 Å². The summed E-state index contributed by atoms with van der Waals surface area (Å²) in [5, 5.41) is 17.7. The zero-order valence-corrected chi connectivity index (χ0v) is 20.4. The number of fused-ring (bicyclic) bond motifs is 1. The molecule has 184 valence electrons. The number of hydrogen-bond acceptors (Lipinski definition) is 5. The Labute approximate surface area is 211 Å². The first-order valence-corrected chi connectivity index (χ1v) is 12.5. The van der Waals surface area contributed by atoms with Crippen LogP contribution in [0, 0.1) is 16.0 Å². The first-order valence-electron chi connectivity index (χ1n) is 12.5. The van der Waals surface area contributed by atoms with Crippen LogP contribution in [0.3, 0.4) is 0 Å². The molecule has 1 fully saturated rings. The molecule has 2 aliphatic rings. The summed E-state index contributed by atoms with van der Waals surface area (Å²) in [6.07, 6.45) is 3.56. The normalized spacial score (nSPS) is 17.4. The molecule has 7 heteroatoms. The van der Waals surface area contributed by atoms with Gasteiger partial charge in [0.25, 0.3) is 11.6 Å². The molecule has 3 aromatic carbocycles. The molecule has 7 nitrogen and oxygen atoms in total. The van der Waals surface area contributed by atoms with E-state index >= 15 is 0 Å². The summed E-state index contributed by atoms with van der Waals surface area (Å²) >= 11 is 0. The van der Waals surface area contributed by atoms with E-state index < -0.39 is 4.92 Å². The zero-order chi connectivity index (χ0) is 25.1. The number of nitrogens with zero attached hydrogens (tertiary/aromatic N) is 2. The lowest BCUT2D eigenvalue weighted by atomic mass is 9.98. The maximum absolute atomic E-state index is 13.0. The zero-order valence-electron chi connectivity index (χ0n) is 20.4. The lowest BCUT2D eigenvalue weighted by Gasteiger charge is -2.30. The first kappa shape index (κ1) is 23.8. The topological polar surface area (TPSA) is 87.5 Å². The maximum Gasteiger partial charge on any atom is 0.270 e. The number of hydrogen-bond donors (Lipinski definition) is 2. The molecule has 0 atom stereocenters. The largest absolute Gasteiger partial charge is 0.354 e. The molecule has 0 radical (unpaired) electrons. The van der Waals surface area contributed by atoms with Gasteiger partial charge in [0.05, 0.1) is 16.2 Å². The smallest absolute Gasteiger partial charge is 0.270 e. The van der Waals surface area contributed by atoms with Gasteiger partial charge in [0, 0.05) is 35.6 Å². The minimum Gasteiger partial charge on any atom is -0.354 e. The minimum atomic E-state index is -0.445. The van der Waals surface area contributed by atoms with Crippen molar-refractivity contribution in [1.82, 2.24) is 4.90 Å². The molecule has 36 heavy (non-hydrogen) atoms. The molecule has 0 spiro atoms. The van der Waals surface area contributed by atoms with Gasteiger partial charge in [-0.3, -0.25) is 14.9 Å². The number of carbonyl (C=O) groups is 1. The van der Waals surface area contributed by atoms with Gasteiger partial charge < -0.3 is 15.5 Å². The third kappa shape index (κ3) is 5.16. The molecule has 1 amide bonds. The first-order chi connectivity index (χ1) is 17.5. The number of nitrogens with one attached hydrogen (secondary N) is 2. The number of nitro groups is 1. The summed E-state index contributed by atoms with van der Waals surface area (Å²) in [5.41, 5.74) is 4.99. The molecule has 0 unspecified atom stereocenters. The highest BCUT2D eigenvalue weighted by Crippen LogP contribution is 2.39. The molecule has 0 bridgehead atoms. The van der Waals surface area contributed by atoms with Crippen molar-refractivity contribution in [1.29, 1.82) is 0 Å². The number of anilines is 2. The van der Waals surface area contributed by atoms with Crippen LogP contribution in [-0.2, 0) is 11.2 Å². The molecule has 0 aliphatic carbocycles. The summed E-state index contributed by atoms with van der Waals surface area (Å²) in [4.78, 5) is 26.5. The quantitative estimate of drug-likeness (QED) is 0.252. The summed E-state index contributed by atoms with van der Waals surface area (Å²) in [5.74, 6) is 0.545. The van der Waals surface area contributed by atoms with E-state index in [0.717, 1.165) is 30.1 Å². The second-order valence-electron chi connectivity index (χ2n) is 9.65. The van der Waals surface area contributed by atoms with Gasteiger partial charge in [-0.1, -0.05) is 49.4 Å². The van der Waals surface area contributed by atoms with Crippen molar-refractivity contribution < 1.29 is 9.72 Å². The minimum absolute atomic E-state index is 0.0531. The fraction of sp³-hybridized carbons (Fsp3) is 0.276. The fourth-order valence-electron chi connectivity index (χ4n) is 4.87. The number of benzene rings is 3. The highest BCUT2D eigenvalue weighted by Gasteiger charge is 2.30. The SMILES string of the molecule is CC1CCN(CCc2ccc(N/C(=C3\C(=O)Nc4ccc([N+](=O)[O-])cc43)c3ccccc3)cc2)CC1. The molecule has 5 rings (SSSR count). The van der Waals surface area contributed by atoms with Gasteiger partial charge in [-0.15, -0.1) is 0 Å². The van der Waals surface area contributed by atoms with Crippen LogP contribution in [0.1, 0.15) is 36.5 Å². The van der Waals surface area contributed by atoms with E-state index in [0.29, 0.717) is 22.5 Å². The Morgan fingerprint density at radius 2 is 1.78 bits per heavy atom. The van der Waals surface area contributed by atoms with Gasteiger partial charge in [0.1, 0.15) is 0 Å². The highest BCUT2D eigenvalue weighted by molar-refractivity contribution is 6.37. The van der Waals surface area contributed by atoms with Gasteiger partial charge >= 0.3 is 0 Å². The third-order valence-electron chi connectivity index (χ3n) is 7.09. The van der Waals surface area contributed by atoms with E-state index in [-0.39, 0.29) is 11.6 Å². The highest BCUT2D eigenvalue weighted by atomic mass is 16.6. The van der Waals surface area contributed by atoms with Crippen molar-refractivity contribution in [3.8, 4) is 0 Å². The molecule has 2 N–H and O–H groups in total. The number of nitro benzene ring substituents is 1. The Hall–Kier alpha value is -3.97. The number of rotatable bonds is 7. The van der Waals surface area contributed by atoms with Gasteiger partial charge in [-0.25, -0.2) is 0 Å². The van der Waals surface area contributed by atoms with Crippen molar-refractivity contribution in [3.63, 3.8) is 0 Å². The monoisotopic (exact) mass is 482 g/mol. The Balaban J connectivity index is 1.41. The number of likely N-dealkylation sites (tertiary alicyclic amines) is 1. The van der Waals surface area contributed by atoms with Crippen LogP contribution >= 0.6 is 0 Å². The van der Waals surface area contributed by atoms with E-state index in [1.54, 1.807) is 6.07 Å². The number of carbonyl (C=O) groups excluding carboxylic acids is 1. The predicted molar refractivity (Wildman–Crippen MR) is 144 cm³/mol. The van der Waals surface area contributed by atoms with Gasteiger partial charge in [0.2, 0.25) is 0 Å². The number of non-ortho nitro benzene ring substituents is 1. The molecule has 3 aromatic rings.